The lowest BCUT2D eigenvalue weighted by atomic mass is 10.2. The number of amides is 1. The van der Waals surface area contributed by atoms with E-state index in [0.717, 1.165) is 5.56 Å². The fraction of sp³-hybridized carbons (Fsp3) is 0.240. The standard InChI is InChI=1S/C25H28N2O6S/c1-31-16-17-32-15-14-26-25(28)21-8-5-9-24(18-21)34(29,30)27-22-10-12-23(13-11-22)33-19-20-6-3-2-4-7-20/h2-13,18,27H,14-17,19H2,1H3,(H,26,28). The number of hydrogen-bond acceptors (Lipinski definition) is 6. The van der Waals surface area contributed by atoms with Gasteiger partial charge in [0.1, 0.15) is 12.4 Å². The van der Waals surface area contributed by atoms with Gasteiger partial charge in [-0.25, -0.2) is 8.42 Å². The van der Waals surface area contributed by atoms with Gasteiger partial charge in [-0.3, -0.25) is 9.52 Å². The molecule has 9 heteroatoms. The highest BCUT2D eigenvalue weighted by Crippen LogP contribution is 2.21. The number of rotatable bonds is 13. The molecule has 2 N–H and O–H groups in total. The SMILES string of the molecule is COCCOCCNC(=O)c1cccc(S(=O)(=O)Nc2ccc(OCc3ccccc3)cc2)c1. The van der Waals surface area contributed by atoms with Gasteiger partial charge in [0, 0.05) is 24.9 Å². The second-order valence-corrected chi connectivity index (χ2v) is 8.98. The average Bonchev–Trinajstić information content (AvgIpc) is 2.86. The minimum atomic E-state index is -3.88. The second kappa shape index (κ2) is 12.7. The van der Waals surface area contributed by atoms with Crippen molar-refractivity contribution in [1.82, 2.24) is 5.32 Å². The van der Waals surface area contributed by atoms with Crippen LogP contribution >= 0.6 is 0 Å². The van der Waals surface area contributed by atoms with Crippen LogP contribution in [0.5, 0.6) is 5.75 Å². The summed E-state index contributed by atoms with van der Waals surface area (Å²) in [6.07, 6.45) is 0. The summed E-state index contributed by atoms with van der Waals surface area (Å²) in [7, 11) is -2.30. The molecule has 0 spiro atoms. The minimum absolute atomic E-state index is 0.0131. The van der Waals surface area contributed by atoms with E-state index in [1.807, 2.05) is 30.3 Å². The van der Waals surface area contributed by atoms with Crippen molar-refractivity contribution >= 4 is 21.6 Å². The van der Waals surface area contributed by atoms with Crippen LogP contribution in [0.4, 0.5) is 5.69 Å². The number of sulfonamides is 1. The lowest BCUT2D eigenvalue weighted by Crippen LogP contribution is -2.27. The van der Waals surface area contributed by atoms with Crippen LogP contribution in [-0.2, 0) is 26.1 Å². The number of benzene rings is 3. The molecule has 0 radical (unpaired) electrons. The molecule has 0 saturated heterocycles. The molecule has 0 heterocycles. The Morgan fingerprint density at radius 1 is 0.882 bits per heavy atom. The molecule has 0 unspecified atom stereocenters. The number of carbonyl (C=O) groups excluding carboxylic acids is 1. The Morgan fingerprint density at radius 2 is 1.65 bits per heavy atom. The predicted octanol–water partition coefficient (Wildman–Crippen LogP) is 3.46. The van der Waals surface area contributed by atoms with Gasteiger partial charge in [-0.2, -0.15) is 0 Å². The molecule has 1 amide bonds. The zero-order valence-corrected chi connectivity index (χ0v) is 19.7. The van der Waals surface area contributed by atoms with E-state index in [4.69, 9.17) is 14.2 Å². The van der Waals surface area contributed by atoms with Crippen LogP contribution < -0.4 is 14.8 Å². The molecular weight excluding hydrogens is 456 g/mol. The maximum atomic E-state index is 12.8. The maximum Gasteiger partial charge on any atom is 0.261 e. The van der Waals surface area contributed by atoms with E-state index < -0.39 is 10.0 Å². The summed E-state index contributed by atoms with van der Waals surface area (Å²) in [6, 6.07) is 22.2. The van der Waals surface area contributed by atoms with E-state index in [2.05, 4.69) is 10.0 Å². The molecule has 0 aromatic heterocycles. The molecule has 34 heavy (non-hydrogen) atoms. The van der Waals surface area contributed by atoms with Gasteiger partial charge in [0.15, 0.2) is 0 Å². The number of carbonyl (C=O) groups is 1. The van der Waals surface area contributed by atoms with Crippen LogP contribution in [-0.4, -0.2) is 47.8 Å². The molecule has 0 aliphatic heterocycles. The normalized spacial score (nSPS) is 11.1. The smallest absolute Gasteiger partial charge is 0.261 e. The van der Waals surface area contributed by atoms with Crippen LogP contribution in [0.25, 0.3) is 0 Å². The lowest BCUT2D eigenvalue weighted by molar-refractivity contribution is 0.0692. The Morgan fingerprint density at radius 3 is 2.38 bits per heavy atom. The molecule has 3 rings (SSSR count). The van der Waals surface area contributed by atoms with Crippen molar-refractivity contribution in [3.05, 3.63) is 90.0 Å². The number of anilines is 1. The number of hydrogen-bond donors (Lipinski definition) is 2. The minimum Gasteiger partial charge on any atom is -0.489 e. The van der Waals surface area contributed by atoms with Crippen molar-refractivity contribution in [1.29, 1.82) is 0 Å². The fourth-order valence-electron chi connectivity index (χ4n) is 2.96. The van der Waals surface area contributed by atoms with Crippen LogP contribution in [0.15, 0.2) is 83.8 Å². The monoisotopic (exact) mass is 484 g/mol. The average molecular weight is 485 g/mol. The van der Waals surface area contributed by atoms with E-state index in [-0.39, 0.29) is 16.4 Å². The zero-order chi connectivity index (χ0) is 24.2. The molecule has 0 aliphatic carbocycles. The molecule has 8 nitrogen and oxygen atoms in total. The number of methoxy groups -OCH3 is 1. The third-order valence-corrected chi connectivity index (χ3v) is 6.10. The predicted molar refractivity (Wildman–Crippen MR) is 129 cm³/mol. The van der Waals surface area contributed by atoms with Crippen LogP contribution in [0.1, 0.15) is 15.9 Å². The van der Waals surface area contributed by atoms with Crippen molar-refractivity contribution in [2.75, 3.05) is 38.2 Å². The molecule has 180 valence electrons. The van der Waals surface area contributed by atoms with E-state index in [0.29, 0.717) is 44.4 Å². The highest BCUT2D eigenvalue weighted by Gasteiger charge is 2.16. The molecule has 0 saturated carbocycles. The third-order valence-electron chi connectivity index (χ3n) is 4.73. The first-order chi connectivity index (χ1) is 16.5. The van der Waals surface area contributed by atoms with Crippen molar-refractivity contribution in [2.24, 2.45) is 0 Å². The van der Waals surface area contributed by atoms with Gasteiger partial charge in [-0.15, -0.1) is 0 Å². The van der Waals surface area contributed by atoms with Crippen molar-refractivity contribution in [2.45, 2.75) is 11.5 Å². The molecular formula is C25H28N2O6S. The Hall–Kier alpha value is -3.40. The summed E-state index contributed by atoms with van der Waals surface area (Å²) < 4.78 is 44.1. The third kappa shape index (κ3) is 7.87. The molecule has 0 atom stereocenters. The largest absolute Gasteiger partial charge is 0.489 e. The summed E-state index contributed by atoms with van der Waals surface area (Å²) >= 11 is 0. The first kappa shape index (κ1) is 25.2. The highest BCUT2D eigenvalue weighted by molar-refractivity contribution is 7.92. The van der Waals surface area contributed by atoms with Crippen LogP contribution in [0, 0.1) is 0 Å². The highest BCUT2D eigenvalue weighted by atomic mass is 32.2. The summed E-state index contributed by atoms with van der Waals surface area (Å²) in [5.74, 6) is 0.240. The summed E-state index contributed by atoms with van der Waals surface area (Å²) in [4.78, 5) is 12.3. The molecule has 0 fully saturated rings. The first-order valence-electron chi connectivity index (χ1n) is 10.7. The van der Waals surface area contributed by atoms with Gasteiger partial charge in [-0.1, -0.05) is 36.4 Å². The van der Waals surface area contributed by atoms with Crippen molar-refractivity contribution in [3.8, 4) is 5.75 Å². The summed E-state index contributed by atoms with van der Waals surface area (Å²) in [5.41, 5.74) is 1.66. The number of ether oxygens (including phenoxy) is 3. The van der Waals surface area contributed by atoms with Gasteiger partial charge >= 0.3 is 0 Å². The molecule has 3 aromatic rings. The topological polar surface area (TPSA) is 103 Å². The van der Waals surface area contributed by atoms with Gasteiger partial charge in [0.2, 0.25) is 0 Å². The van der Waals surface area contributed by atoms with Gasteiger partial charge < -0.3 is 19.5 Å². The van der Waals surface area contributed by atoms with E-state index >= 15 is 0 Å². The van der Waals surface area contributed by atoms with Crippen LogP contribution in [0.3, 0.4) is 0 Å². The molecule has 0 aliphatic rings. The zero-order valence-electron chi connectivity index (χ0n) is 18.9. The Balaban J connectivity index is 1.55. The Labute approximate surface area is 199 Å². The Kier molecular flexibility index (Phi) is 9.45. The van der Waals surface area contributed by atoms with Crippen molar-refractivity contribution < 1.29 is 27.4 Å². The second-order valence-electron chi connectivity index (χ2n) is 7.29. The Bertz CT molecular complexity index is 1150. The van der Waals surface area contributed by atoms with E-state index in [1.54, 1.807) is 37.4 Å². The van der Waals surface area contributed by atoms with E-state index in [9.17, 15) is 13.2 Å². The maximum absolute atomic E-state index is 12.8. The molecule has 0 bridgehead atoms. The van der Waals surface area contributed by atoms with Crippen molar-refractivity contribution in [3.63, 3.8) is 0 Å². The number of nitrogens with one attached hydrogen (secondary N) is 2. The summed E-state index contributed by atoms with van der Waals surface area (Å²) in [6.45, 7) is 1.96. The summed E-state index contributed by atoms with van der Waals surface area (Å²) in [5, 5.41) is 2.70. The molecule has 3 aromatic carbocycles. The fourth-order valence-corrected chi connectivity index (χ4v) is 4.07. The quantitative estimate of drug-likeness (QED) is 0.360. The lowest BCUT2D eigenvalue weighted by Gasteiger charge is -2.11. The van der Waals surface area contributed by atoms with Gasteiger partial charge in [0.05, 0.1) is 24.7 Å². The van der Waals surface area contributed by atoms with E-state index in [1.165, 1.54) is 18.2 Å². The van der Waals surface area contributed by atoms with Gasteiger partial charge in [0.25, 0.3) is 15.9 Å². The van der Waals surface area contributed by atoms with Gasteiger partial charge in [-0.05, 0) is 48.0 Å². The van der Waals surface area contributed by atoms with Crippen LogP contribution in [0.2, 0.25) is 0 Å². The first-order valence-corrected chi connectivity index (χ1v) is 12.2.